The summed E-state index contributed by atoms with van der Waals surface area (Å²) in [5.74, 6) is 1.03. The second-order valence-corrected chi connectivity index (χ2v) is 9.60. The summed E-state index contributed by atoms with van der Waals surface area (Å²) in [5, 5.41) is 0. The topological polar surface area (TPSA) is 40.6 Å². The first-order chi connectivity index (χ1) is 13.6. The van der Waals surface area contributed by atoms with Gasteiger partial charge < -0.3 is 9.80 Å². The van der Waals surface area contributed by atoms with E-state index in [4.69, 9.17) is 0 Å². The molecule has 1 spiro atoms. The molecule has 4 nitrogen and oxygen atoms in total. The Kier molecular flexibility index (Phi) is 4.48. The number of amides is 2. The minimum atomic E-state index is 0.125. The number of hydrogen-bond donors (Lipinski definition) is 0. The van der Waals surface area contributed by atoms with Gasteiger partial charge in [0.1, 0.15) is 0 Å². The molecule has 5 rings (SSSR count). The molecular formula is C24H32N2O2. The van der Waals surface area contributed by atoms with Gasteiger partial charge in [0, 0.05) is 31.8 Å². The number of carbonyl (C=O) groups excluding carboxylic acids is 2. The third kappa shape index (κ3) is 2.87. The minimum Gasteiger partial charge on any atom is -0.337 e. The van der Waals surface area contributed by atoms with Crippen molar-refractivity contribution >= 4 is 11.8 Å². The predicted octanol–water partition coefficient (Wildman–Crippen LogP) is 3.96. The van der Waals surface area contributed by atoms with Crippen LogP contribution in [0.4, 0.5) is 0 Å². The van der Waals surface area contributed by atoms with Crippen LogP contribution in [0.2, 0.25) is 0 Å². The van der Waals surface area contributed by atoms with E-state index in [0.717, 1.165) is 45.2 Å². The summed E-state index contributed by atoms with van der Waals surface area (Å²) in [4.78, 5) is 30.4. The van der Waals surface area contributed by atoms with E-state index in [1.165, 1.54) is 24.8 Å². The first kappa shape index (κ1) is 18.2. The second-order valence-electron chi connectivity index (χ2n) is 9.60. The van der Waals surface area contributed by atoms with Crippen LogP contribution in [0, 0.1) is 11.3 Å². The smallest absolute Gasteiger partial charge is 0.226 e. The van der Waals surface area contributed by atoms with Gasteiger partial charge in [-0.25, -0.2) is 0 Å². The van der Waals surface area contributed by atoms with Crippen molar-refractivity contribution in [3.8, 4) is 0 Å². The number of hydrogen-bond acceptors (Lipinski definition) is 2. The summed E-state index contributed by atoms with van der Waals surface area (Å²) in [6.45, 7) is 3.30. The van der Waals surface area contributed by atoms with E-state index >= 15 is 0 Å². The molecule has 2 heterocycles. The fourth-order valence-corrected chi connectivity index (χ4v) is 6.32. The lowest BCUT2D eigenvalue weighted by atomic mass is 9.79. The predicted molar refractivity (Wildman–Crippen MR) is 109 cm³/mol. The Morgan fingerprint density at radius 3 is 2.43 bits per heavy atom. The summed E-state index contributed by atoms with van der Waals surface area (Å²) in [6.07, 6.45) is 9.30. The van der Waals surface area contributed by atoms with E-state index in [0.29, 0.717) is 11.3 Å². The Balaban J connectivity index is 1.48. The first-order valence-electron chi connectivity index (χ1n) is 11.2. The van der Waals surface area contributed by atoms with Crippen molar-refractivity contribution < 1.29 is 9.59 Å². The van der Waals surface area contributed by atoms with E-state index in [-0.39, 0.29) is 29.8 Å². The molecule has 0 unspecified atom stereocenters. The molecule has 4 atom stereocenters. The molecule has 2 aliphatic heterocycles. The van der Waals surface area contributed by atoms with Gasteiger partial charge >= 0.3 is 0 Å². The van der Waals surface area contributed by atoms with Gasteiger partial charge in [-0.2, -0.15) is 0 Å². The quantitative estimate of drug-likeness (QED) is 0.779. The summed E-state index contributed by atoms with van der Waals surface area (Å²) in [7, 11) is 0. The highest BCUT2D eigenvalue weighted by Crippen LogP contribution is 2.66. The maximum absolute atomic E-state index is 13.5. The van der Waals surface area contributed by atoms with Gasteiger partial charge in [0.05, 0.1) is 12.1 Å². The van der Waals surface area contributed by atoms with Crippen LogP contribution in [0.1, 0.15) is 69.8 Å². The lowest BCUT2D eigenvalue weighted by Crippen LogP contribution is -2.51. The molecule has 2 amide bonds. The van der Waals surface area contributed by atoms with Gasteiger partial charge in [0.25, 0.3) is 0 Å². The summed E-state index contributed by atoms with van der Waals surface area (Å²) >= 11 is 0. The lowest BCUT2D eigenvalue weighted by molar-refractivity contribution is -0.138. The molecule has 2 saturated heterocycles. The van der Waals surface area contributed by atoms with E-state index in [2.05, 4.69) is 34.1 Å². The molecule has 150 valence electrons. The van der Waals surface area contributed by atoms with E-state index < -0.39 is 0 Å². The lowest BCUT2D eigenvalue weighted by Gasteiger charge is -2.39. The monoisotopic (exact) mass is 380 g/mol. The van der Waals surface area contributed by atoms with Gasteiger partial charge in [-0.3, -0.25) is 9.59 Å². The number of likely N-dealkylation sites (tertiary alicyclic amines) is 2. The van der Waals surface area contributed by atoms with Gasteiger partial charge in [0.2, 0.25) is 11.8 Å². The molecule has 4 aliphatic rings. The Morgan fingerprint density at radius 1 is 1.00 bits per heavy atom. The summed E-state index contributed by atoms with van der Waals surface area (Å²) in [5.41, 5.74) is 1.63. The number of benzene rings is 1. The highest BCUT2D eigenvalue weighted by atomic mass is 16.2. The van der Waals surface area contributed by atoms with E-state index in [9.17, 15) is 9.59 Å². The zero-order chi connectivity index (χ0) is 19.3. The van der Waals surface area contributed by atoms with Crippen LogP contribution in [0.25, 0.3) is 0 Å². The van der Waals surface area contributed by atoms with Crippen molar-refractivity contribution in [1.29, 1.82) is 0 Å². The van der Waals surface area contributed by atoms with Crippen molar-refractivity contribution in [2.24, 2.45) is 11.3 Å². The molecule has 0 radical (unpaired) electrons. The molecule has 4 heteroatoms. The summed E-state index contributed by atoms with van der Waals surface area (Å²) in [6, 6.07) is 10.9. The van der Waals surface area contributed by atoms with Crippen LogP contribution in [0.5, 0.6) is 0 Å². The van der Waals surface area contributed by atoms with Crippen molar-refractivity contribution in [3.05, 3.63) is 35.9 Å². The normalized spacial score (nSPS) is 33.6. The van der Waals surface area contributed by atoms with Gasteiger partial charge in [-0.15, -0.1) is 0 Å². The van der Waals surface area contributed by atoms with Gasteiger partial charge in [0.15, 0.2) is 0 Å². The van der Waals surface area contributed by atoms with Crippen LogP contribution in [0.15, 0.2) is 30.3 Å². The average Bonchev–Trinajstić information content (AvgIpc) is 3.33. The number of fused-ring (bicyclic) bond motifs is 1. The fourth-order valence-electron chi connectivity index (χ4n) is 6.32. The zero-order valence-electron chi connectivity index (χ0n) is 17.0. The van der Waals surface area contributed by atoms with E-state index in [1.54, 1.807) is 6.92 Å². The Labute approximate surface area is 168 Å². The SMILES string of the molecule is CC(=O)N1CCCCC[C@@H]2[C@@H]1[C@H](c1ccccc1)CN2C(=O)[C@H]1CC12CCC2. The van der Waals surface area contributed by atoms with Gasteiger partial charge in [-0.1, -0.05) is 49.6 Å². The van der Waals surface area contributed by atoms with Crippen molar-refractivity contribution in [3.63, 3.8) is 0 Å². The Bertz CT molecular complexity index is 757. The zero-order valence-corrected chi connectivity index (χ0v) is 17.0. The maximum atomic E-state index is 13.5. The Morgan fingerprint density at radius 2 is 1.79 bits per heavy atom. The average molecular weight is 381 g/mol. The molecule has 0 N–H and O–H groups in total. The highest BCUT2D eigenvalue weighted by molar-refractivity contribution is 5.84. The third-order valence-corrected chi connectivity index (χ3v) is 8.11. The second kappa shape index (κ2) is 6.89. The molecule has 1 aromatic rings. The van der Waals surface area contributed by atoms with Crippen molar-refractivity contribution in [2.75, 3.05) is 13.1 Å². The van der Waals surface area contributed by atoms with E-state index in [1.807, 2.05) is 6.07 Å². The molecule has 0 bridgehead atoms. The molecule has 2 saturated carbocycles. The van der Waals surface area contributed by atoms with Crippen LogP contribution < -0.4 is 0 Å². The molecular weight excluding hydrogens is 348 g/mol. The van der Waals surface area contributed by atoms with Crippen molar-refractivity contribution in [1.82, 2.24) is 9.80 Å². The molecule has 2 aliphatic carbocycles. The minimum absolute atomic E-state index is 0.125. The maximum Gasteiger partial charge on any atom is 0.226 e. The fraction of sp³-hybridized carbons (Fsp3) is 0.667. The van der Waals surface area contributed by atoms with Crippen LogP contribution in [-0.2, 0) is 9.59 Å². The number of nitrogens with zero attached hydrogens (tertiary/aromatic N) is 2. The standard InChI is InChI=1S/C24H32N2O2/c1-17(27)25-14-7-3-6-11-21-22(25)19(18-9-4-2-5-10-18)16-26(21)23(28)20-15-24(20)12-8-13-24/h2,4-5,9-10,19-22H,3,6-8,11-16H2,1H3/t19-,20+,21+,22-/m0/s1. The van der Waals surface area contributed by atoms with Crippen LogP contribution in [-0.4, -0.2) is 46.8 Å². The molecule has 1 aromatic carbocycles. The summed E-state index contributed by atoms with van der Waals surface area (Å²) < 4.78 is 0. The number of carbonyl (C=O) groups is 2. The Hall–Kier alpha value is -1.84. The highest BCUT2D eigenvalue weighted by Gasteiger charge is 2.63. The number of rotatable bonds is 2. The van der Waals surface area contributed by atoms with Crippen molar-refractivity contribution in [2.45, 2.75) is 76.3 Å². The van der Waals surface area contributed by atoms with Gasteiger partial charge in [-0.05, 0) is 43.1 Å². The molecule has 4 fully saturated rings. The third-order valence-electron chi connectivity index (χ3n) is 8.11. The van der Waals surface area contributed by atoms with Crippen LogP contribution in [0.3, 0.4) is 0 Å². The van der Waals surface area contributed by atoms with Crippen LogP contribution >= 0.6 is 0 Å². The largest absolute Gasteiger partial charge is 0.337 e. The first-order valence-corrected chi connectivity index (χ1v) is 11.2. The molecule has 0 aromatic heterocycles. The molecule has 28 heavy (non-hydrogen) atoms.